The third kappa shape index (κ3) is 4.86. The molecule has 1 saturated heterocycles. The van der Waals surface area contributed by atoms with E-state index in [1.54, 1.807) is 0 Å². The Bertz CT molecular complexity index is 637. The van der Waals surface area contributed by atoms with Crippen LogP contribution in [0.1, 0.15) is 65.7 Å². The van der Waals surface area contributed by atoms with Crippen molar-refractivity contribution in [3.8, 4) is 0 Å². The summed E-state index contributed by atoms with van der Waals surface area (Å²) in [5.74, 6) is 0.426. The molecule has 7 atom stereocenters. The van der Waals surface area contributed by atoms with Gasteiger partial charge in [0.15, 0.2) is 0 Å². The predicted molar refractivity (Wildman–Crippen MR) is 106 cm³/mol. The first kappa shape index (κ1) is 21.1. The highest BCUT2D eigenvalue weighted by atomic mass is 16.5. The van der Waals surface area contributed by atoms with E-state index in [-0.39, 0.29) is 42.4 Å². The largest absolute Gasteiger partial charge is 0.462 e. The molecule has 0 saturated carbocycles. The van der Waals surface area contributed by atoms with Gasteiger partial charge < -0.3 is 14.6 Å². The first-order valence-electron chi connectivity index (χ1n) is 10.8. The Morgan fingerprint density at radius 1 is 1.39 bits per heavy atom. The lowest BCUT2D eigenvalue weighted by atomic mass is 9.66. The average Bonchev–Trinajstić information content (AvgIpc) is 2.66. The van der Waals surface area contributed by atoms with Crippen molar-refractivity contribution in [3.63, 3.8) is 0 Å². The molecule has 1 fully saturated rings. The standard InChI is InChI=1S/C23H34O5/c1-4-14(2)23(26)28-20-7-5-6-16-9-8-15(3)19(22(16)20)11-10-18-12-17(24)13-21(25)27-18/h6,8-9,14-15,17-20,22,24H,4-5,7,10-13H2,1-3H3/t14-,15-,17+,18?,19?,20-,22-/m0/s1. The van der Waals surface area contributed by atoms with Gasteiger partial charge in [-0.25, -0.2) is 0 Å². The van der Waals surface area contributed by atoms with E-state index >= 15 is 0 Å². The van der Waals surface area contributed by atoms with Crippen molar-refractivity contribution >= 4 is 11.9 Å². The maximum atomic E-state index is 12.4. The fraction of sp³-hybridized carbons (Fsp3) is 0.739. The van der Waals surface area contributed by atoms with Crippen LogP contribution in [0.4, 0.5) is 0 Å². The molecule has 0 bridgehead atoms. The summed E-state index contributed by atoms with van der Waals surface area (Å²) in [5.41, 5.74) is 1.27. The molecule has 0 aromatic carbocycles. The van der Waals surface area contributed by atoms with Gasteiger partial charge in [-0.3, -0.25) is 9.59 Å². The smallest absolute Gasteiger partial charge is 0.308 e. The van der Waals surface area contributed by atoms with Crippen LogP contribution >= 0.6 is 0 Å². The first-order valence-corrected chi connectivity index (χ1v) is 10.8. The monoisotopic (exact) mass is 390 g/mol. The SMILES string of the molecule is CC[C@H](C)C(=O)O[C@H]1CCC=C2C=C[C@H](C)C(CCC3C[C@@H](O)CC(=O)O3)[C@H]21. The Hall–Kier alpha value is -1.62. The minimum absolute atomic E-state index is 0.0764. The molecule has 5 heteroatoms. The second-order valence-corrected chi connectivity index (χ2v) is 8.76. The molecule has 1 heterocycles. The molecule has 1 N–H and O–H groups in total. The summed E-state index contributed by atoms with van der Waals surface area (Å²) in [6.07, 6.45) is 10.6. The zero-order chi connectivity index (χ0) is 20.3. The Morgan fingerprint density at radius 2 is 2.18 bits per heavy atom. The van der Waals surface area contributed by atoms with E-state index < -0.39 is 6.10 Å². The summed E-state index contributed by atoms with van der Waals surface area (Å²) >= 11 is 0. The first-order chi connectivity index (χ1) is 13.4. The predicted octanol–water partition coefficient (Wildman–Crippen LogP) is 3.95. The summed E-state index contributed by atoms with van der Waals surface area (Å²) < 4.78 is 11.4. The maximum Gasteiger partial charge on any atom is 0.308 e. The number of allylic oxidation sites excluding steroid dienone is 3. The summed E-state index contributed by atoms with van der Waals surface area (Å²) in [6.45, 7) is 6.14. The highest BCUT2D eigenvalue weighted by Gasteiger charge is 2.40. The molecule has 3 aliphatic rings. The van der Waals surface area contributed by atoms with Crippen molar-refractivity contribution in [2.24, 2.45) is 23.7 Å². The lowest BCUT2D eigenvalue weighted by Crippen LogP contribution is -2.40. The highest BCUT2D eigenvalue weighted by molar-refractivity contribution is 5.72. The number of esters is 2. The Labute approximate surface area is 168 Å². The third-order valence-corrected chi connectivity index (χ3v) is 6.69. The zero-order valence-electron chi connectivity index (χ0n) is 17.3. The van der Waals surface area contributed by atoms with Crippen molar-refractivity contribution in [3.05, 3.63) is 23.8 Å². The molecule has 0 aromatic rings. The lowest BCUT2D eigenvalue weighted by molar-refractivity contribution is -0.162. The average molecular weight is 391 g/mol. The molecule has 0 spiro atoms. The van der Waals surface area contributed by atoms with Crippen LogP contribution < -0.4 is 0 Å². The molecular weight excluding hydrogens is 356 g/mol. The number of carbonyl (C=O) groups is 2. The fourth-order valence-corrected chi connectivity index (χ4v) is 4.80. The fourth-order valence-electron chi connectivity index (χ4n) is 4.80. The van der Waals surface area contributed by atoms with Crippen molar-refractivity contribution in [1.82, 2.24) is 0 Å². The quantitative estimate of drug-likeness (QED) is 0.695. The van der Waals surface area contributed by atoms with Crippen LogP contribution in [0.15, 0.2) is 23.8 Å². The van der Waals surface area contributed by atoms with Crippen molar-refractivity contribution in [2.45, 2.75) is 84.0 Å². The molecule has 5 nitrogen and oxygen atoms in total. The number of carbonyl (C=O) groups excluding carboxylic acids is 2. The molecular formula is C23H34O5. The van der Waals surface area contributed by atoms with Crippen molar-refractivity contribution < 1.29 is 24.2 Å². The van der Waals surface area contributed by atoms with Gasteiger partial charge in [0.1, 0.15) is 12.2 Å². The topological polar surface area (TPSA) is 72.8 Å². The number of fused-ring (bicyclic) bond motifs is 1. The van der Waals surface area contributed by atoms with Gasteiger partial charge in [0.2, 0.25) is 0 Å². The van der Waals surface area contributed by atoms with Gasteiger partial charge in [-0.15, -0.1) is 0 Å². The van der Waals surface area contributed by atoms with Gasteiger partial charge >= 0.3 is 11.9 Å². The summed E-state index contributed by atoms with van der Waals surface area (Å²) in [5, 5.41) is 9.86. The summed E-state index contributed by atoms with van der Waals surface area (Å²) in [6, 6.07) is 0. The number of ether oxygens (including phenoxy) is 2. The van der Waals surface area contributed by atoms with Crippen molar-refractivity contribution in [1.29, 1.82) is 0 Å². The van der Waals surface area contributed by atoms with E-state index in [2.05, 4.69) is 25.2 Å². The van der Waals surface area contributed by atoms with E-state index in [0.717, 1.165) is 32.1 Å². The number of aliphatic hydroxyl groups is 1. The van der Waals surface area contributed by atoms with E-state index in [0.29, 0.717) is 18.3 Å². The summed E-state index contributed by atoms with van der Waals surface area (Å²) in [4.78, 5) is 24.1. The van der Waals surface area contributed by atoms with E-state index in [4.69, 9.17) is 9.47 Å². The second-order valence-electron chi connectivity index (χ2n) is 8.76. The van der Waals surface area contributed by atoms with E-state index in [1.807, 2.05) is 13.8 Å². The van der Waals surface area contributed by atoms with Crippen LogP contribution in [0, 0.1) is 23.7 Å². The van der Waals surface area contributed by atoms with E-state index in [1.165, 1.54) is 5.57 Å². The maximum absolute atomic E-state index is 12.4. The van der Waals surface area contributed by atoms with Crippen LogP contribution in [-0.4, -0.2) is 35.4 Å². The normalized spacial score (nSPS) is 36.1. The number of hydrogen-bond donors (Lipinski definition) is 1. The lowest BCUT2D eigenvalue weighted by Gasteiger charge is -2.42. The molecule has 2 aliphatic carbocycles. The molecule has 0 aromatic heterocycles. The van der Waals surface area contributed by atoms with Crippen LogP contribution in [-0.2, 0) is 19.1 Å². The molecule has 3 rings (SSSR count). The van der Waals surface area contributed by atoms with Crippen LogP contribution in [0.25, 0.3) is 0 Å². The number of hydrogen-bond acceptors (Lipinski definition) is 5. The molecule has 1 aliphatic heterocycles. The third-order valence-electron chi connectivity index (χ3n) is 6.69. The second kappa shape index (κ2) is 9.25. The Balaban J connectivity index is 1.70. The van der Waals surface area contributed by atoms with Gasteiger partial charge in [-0.05, 0) is 49.5 Å². The summed E-state index contributed by atoms with van der Waals surface area (Å²) in [7, 11) is 0. The van der Waals surface area contributed by atoms with E-state index in [9.17, 15) is 14.7 Å². The molecule has 0 radical (unpaired) electrons. The zero-order valence-corrected chi connectivity index (χ0v) is 17.3. The van der Waals surface area contributed by atoms with Crippen LogP contribution in [0.5, 0.6) is 0 Å². The molecule has 0 amide bonds. The number of rotatable bonds is 6. The number of cyclic esters (lactones) is 1. The van der Waals surface area contributed by atoms with Crippen molar-refractivity contribution in [2.75, 3.05) is 0 Å². The molecule has 156 valence electrons. The van der Waals surface area contributed by atoms with Gasteiger partial charge in [0, 0.05) is 12.3 Å². The Morgan fingerprint density at radius 3 is 2.89 bits per heavy atom. The number of aliphatic hydroxyl groups excluding tert-OH is 1. The van der Waals surface area contributed by atoms with Crippen LogP contribution in [0.2, 0.25) is 0 Å². The highest BCUT2D eigenvalue weighted by Crippen LogP contribution is 2.44. The minimum Gasteiger partial charge on any atom is -0.462 e. The van der Waals surface area contributed by atoms with Gasteiger partial charge in [-0.2, -0.15) is 0 Å². The van der Waals surface area contributed by atoms with Gasteiger partial charge in [-0.1, -0.05) is 39.0 Å². The van der Waals surface area contributed by atoms with Crippen LogP contribution in [0.3, 0.4) is 0 Å². The van der Waals surface area contributed by atoms with Gasteiger partial charge in [0.25, 0.3) is 0 Å². The molecule has 28 heavy (non-hydrogen) atoms. The minimum atomic E-state index is -0.593. The Kier molecular flexibility index (Phi) is 6.97. The molecule has 2 unspecified atom stereocenters. The van der Waals surface area contributed by atoms with Gasteiger partial charge in [0.05, 0.1) is 18.4 Å².